The molecule has 1 fully saturated rings. The highest BCUT2D eigenvalue weighted by molar-refractivity contribution is 5.35. The predicted octanol–water partition coefficient (Wildman–Crippen LogP) is 2.42. The molecule has 2 rings (SSSR count). The van der Waals surface area contributed by atoms with Crippen LogP contribution in [0.1, 0.15) is 25.3 Å². The van der Waals surface area contributed by atoms with Gasteiger partial charge in [0.1, 0.15) is 0 Å². The summed E-state index contributed by atoms with van der Waals surface area (Å²) >= 11 is 0. The van der Waals surface area contributed by atoms with Crippen LogP contribution in [0.4, 0.5) is 8.78 Å². The van der Waals surface area contributed by atoms with Gasteiger partial charge in [0.25, 0.3) is 0 Å². The molecule has 1 aliphatic carbocycles. The van der Waals surface area contributed by atoms with Crippen molar-refractivity contribution in [3.63, 3.8) is 0 Å². The average molecular weight is 197 g/mol. The highest BCUT2D eigenvalue weighted by Gasteiger charge is 2.57. The van der Waals surface area contributed by atoms with Crippen LogP contribution in [-0.4, -0.2) is 6.04 Å². The second-order valence-electron chi connectivity index (χ2n) is 4.47. The second kappa shape index (κ2) is 2.76. The van der Waals surface area contributed by atoms with E-state index in [0.717, 1.165) is 6.07 Å². The van der Waals surface area contributed by atoms with Crippen LogP contribution in [0.2, 0.25) is 0 Å². The molecule has 2 N–H and O–H groups in total. The van der Waals surface area contributed by atoms with E-state index in [1.54, 1.807) is 6.07 Å². The molecule has 0 bridgehead atoms. The molecule has 3 heteroatoms. The van der Waals surface area contributed by atoms with Crippen LogP contribution in [0.3, 0.4) is 0 Å². The van der Waals surface area contributed by atoms with Gasteiger partial charge in [0.2, 0.25) is 0 Å². The zero-order valence-corrected chi connectivity index (χ0v) is 8.22. The molecule has 2 atom stereocenters. The fourth-order valence-electron chi connectivity index (χ4n) is 2.03. The highest BCUT2D eigenvalue weighted by Crippen LogP contribution is 2.57. The van der Waals surface area contributed by atoms with Crippen LogP contribution in [0.5, 0.6) is 0 Å². The highest BCUT2D eigenvalue weighted by atomic mass is 19.2. The maximum atomic E-state index is 13.4. The minimum Gasteiger partial charge on any atom is -0.327 e. The third-order valence-electron chi connectivity index (χ3n) is 3.23. The first-order valence-electron chi connectivity index (χ1n) is 4.65. The van der Waals surface area contributed by atoms with E-state index in [9.17, 15) is 8.78 Å². The maximum Gasteiger partial charge on any atom is 0.162 e. The van der Waals surface area contributed by atoms with Gasteiger partial charge in [-0.05, 0) is 17.0 Å². The second-order valence-corrected chi connectivity index (χ2v) is 4.47. The van der Waals surface area contributed by atoms with Gasteiger partial charge in [-0.25, -0.2) is 8.78 Å². The van der Waals surface area contributed by atoms with Crippen molar-refractivity contribution in [3.05, 3.63) is 35.4 Å². The SMILES string of the molecule is CC1(C)[C@@H](N)[C@@H]1c1cccc(F)c1F. The summed E-state index contributed by atoms with van der Waals surface area (Å²) in [6, 6.07) is 4.19. The molecule has 0 radical (unpaired) electrons. The Morgan fingerprint density at radius 3 is 2.36 bits per heavy atom. The lowest BCUT2D eigenvalue weighted by molar-refractivity contribution is 0.492. The maximum absolute atomic E-state index is 13.4. The first-order valence-corrected chi connectivity index (χ1v) is 4.65. The minimum atomic E-state index is -0.794. The molecule has 0 amide bonds. The number of nitrogens with two attached hydrogens (primary N) is 1. The van der Waals surface area contributed by atoms with Gasteiger partial charge in [-0.3, -0.25) is 0 Å². The fraction of sp³-hybridized carbons (Fsp3) is 0.455. The van der Waals surface area contributed by atoms with Crippen molar-refractivity contribution in [1.29, 1.82) is 0 Å². The standard InChI is InChI=1S/C11H13F2N/c1-11(2)8(10(11)14)6-4-3-5-7(12)9(6)13/h3-5,8,10H,14H2,1-2H3/t8-,10-/m0/s1. The number of rotatable bonds is 1. The van der Waals surface area contributed by atoms with Crippen LogP contribution in [0, 0.1) is 17.0 Å². The summed E-state index contributed by atoms with van der Waals surface area (Å²) in [7, 11) is 0. The largest absolute Gasteiger partial charge is 0.327 e. The van der Waals surface area contributed by atoms with E-state index in [2.05, 4.69) is 0 Å². The molecule has 0 unspecified atom stereocenters. The summed E-state index contributed by atoms with van der Waals surface area (Å²) in [5.74, 6) is -1.60. The monoisotopic (exact) mass is 197 g/mol. The summed E-state index contributed by atoms with van der Waals surface area (Å²) in [4.78, 5) is 0. The molecular weight excluding hydrogens is 184 g/mol. The molecule has 1 nitrogen and oxygen atoms in total. The first-order chi connectivity index (χ1) is 6.46. The van der Waals surface area contributed by atoms with E-state index in [1.165, 1.54) is 6.07 Å². The van der Waals surface area contributed by atoms with Crippen LogP contribution in [0.15, 0.2) is 18.2 Å². The molecule has 0 spiro atoms. The van der Waals surface area contributed by atoms with Gasteiger partial charge < -0.3 is 5.73 Å². The predicted molar refractivity (Wildman–Crippen MR) is 50.9 cm³/mol. The quantitative estimate of drug-likeness (QED) is 0.735. The molecule has 0 aliphatic heterocycles. The van der Waals surface area contributed by atoms with E-state index in [1.807, 2.05) is 13.8 Å². The van der Waals surface area contributed by atoms with Crippen LogP contribution < -0.4 is 5.73 Å². The van der Waals surface area contributed by atoms with Crippen molar-refractivity contribution in [2.45, 2.75) is 25.8 Å². The molecule has 0 aromatic heterocycles. The topological polar surface area (TPSA) is 26.0 Å². The van der Waals surface area contributed by atoms with E-state index < -0.39 is 11.6 Å². The van der Waals surface area contributed by atoms with Crippen molar-refractivity contribution >= 4 is 0 Å². The van der Waals surface area contributed by atoms with Crippen LogP contribution >= 0.6 is 0 Å². The molecule has 1 aromatic carbocycles. The van der Waals surface area contributed by atoms with Crippen LogP contribution in [0.25, 0.3) is 0 Å². The lowest BCUT2D eigenvalue weighted by Gasteiger charge is -2.04. The Hall–Kier alpha value is -0.960. The summed E-state index contributed by atoms with van der Waals surface area (Å²) in [6.45, 7) is 3.93. The van der Waals surface area contributed by atoms with E-state index >= 15 is 0 Å². The zero-order valence-electron chi connectivity index (χ0n) is 8.22. The Balaban J connectivity index is 2.40. The average Bonchev–Trinajstić information content (AvgIpc) is 2.59. The molecule has 76 valence electrons. The van der Waals surface area contributed by atoms with Crippen molar-refractivity contribution in [2.24, 2.45) is 11.1 Å². The molecule has 1 saturated carbocycles. The molecule has 1 aliphatic rings. The molecule has 0 saturated heterocycles. The number of hydrogen-bond donors (Lipinski definition) is 1. The zero-order chi connectivity index (χ0) is 10.5. The molecular formula is C11H13F2N. The Bertz CT molecular complexity index is 374. The van der Waals surface area contributed by atoms with Crippen molar-refractivity contribution in [2.75, 3.05) is 0 Å². The first kappa shape index (κ1) is 9.59. The third kappa shape index (κ3) is 1.16. The van der Waals surface area contributed by atoms with E-state index in [-0.39, 0.29) is 17.4 Å². The van der Waals surface area contributed by atoms with Crippen molar-refractivity contribution < 1.29 is 8.78 Å². The van der Waals surface area contributed by atoms with Gasteiger partial charge in [-0.1, -0.05) is 26.0 Å². The third-order valence-corrected chi connectivity index (χ3v) is 3.23. The Labute approximate surface area is 81.9 Å². The minimum absolute atomic E-state index is 0.0572. The molecule has 14 heavy (non-hydrogen) atoms. The lowest BCUT2D eigenvalue weighted by Crippen LogP contribution is -2.06. The van der Waals surface area contributed by atoms with Crippen molar-refractivity contribution in [3.8, 4) is 0 Å². The summed E-state index contributed by atoms with van der Waals surface area (Å²) < 4.78 is 26.3. The van der Waals surface area contributed by atoms with Gasteiger partial charge >= 0.3 is 0 Å². The number of hydrogen-bond acceptors (Lipinski definition) is 1. The lowest BCUT2D eigenvalue weighted by atomic mass is 10.0. The normalized spacial score (nSPS) is 28.9. The van der Waals surface area contributed by atoms with Gasteiger partial charge in [0.15, 0.2) is 11.6 Å². The summed E-state index contributed by atoms with van der Waals surface area (Å²) in [5.41, 5.74) is 6.09. The van der Waals surface area contributed by atoms with Gasteiger partial charge in [0, 0.05) is 12.0 Å². The van der Waals surface area contributed by atoms with E-state index in [4.69, 9.17) is 5.73 Å². The van der Waals surface area contributed by atoms with Crippen LogP contribution in [-0.2, 0) is 0 Å². The fourth-order valence-corrected chi connectivity index (χ4v) is 2.03. The Kier molecular flexibility index (Phi) is 1.89. The molecule has 1 aromatic rings. The molecule has 0 heterocycles. The van der Waals surface area contributed by atoms with Gasteiger partial charge in [-0.2, -0.15) is 0 Å². The van der Waals surface area contributed by atoms with Gasteiger partial charge in [0.05, 0.1) is 0 Å². The van der Waals surface area contributed by atoms with Gasteiger partial charge in [-0.15, -0.1) is 0 Å². The number of halogens is 2. The summed E-state index contributed by atoms with van der Waals surface area (Å²) in [6.07, 6.45) is 0. The Morgan fingerprint density at radius 1 is 1.29 bits per heavy atom. The number of benzene rings is 1. The Morgan fingerprint density at radius 2 is 1.86 bits per heavy atom. The van der Waals surface area contributed by atoms with E-state index in [0.29, 0.717) is 5.56 Å². The smallest absolute Gasteiger partial charge is 0.162 e. The van der Waals surface area contributed by atoms with Crippen molar-refractivity contribution in [1.82, 2.24) is 0 Å². The summed E-state index contributed by atoms with van der Waals surface area (Å²) in [5, 5.41) is 0.